The van der Waals surface area contributed by atoms with Crippen LogP contribution in [0.25, 0.3) is 0 Å². The molecule has 0 fully saturated rings. The molecule has 0 bridgehead atoms. The molecule has 0 aliphatic carbocycles. The van der Waals surface area contributed by atoms with Gasteiger partial charge in [0.05, 0.1) is 24.6 Å². The number of nitrogens with one attached hydrogen (secondary N) is 3. The van der Waals surface area contributed by atoms with Crippen LogP contribution in [-0.2, 0) is 12.8 Å². The summed E-state index contributed by atoms with van der Waals surface area (Å²) in [6.07, 6.45) is 16.5. The van der Waals surface area contributed by atoms with Crippen LogP contribution in [-0.4, -0.2) is 44.3 Å². The SMILES string of the molecule is CCCCCCCc1ccc([N+](=O)[O-])cc1.CCCCCNc1ccc([N+](=O)[O-])cc1.CCCCCc1ccc([N+](=O)[O-])cc1.CCCNc1ccc([N+](=O)[O-])cc1.CCNc1ccc([N+](=O)[O-])cc1. The molecule has 0 unspecified atom stereocenters. The standard InChI is InChI=1S/C13H19NO2.C11H16N2O2.C11H15NO2.C9H12N2O2.C8H10N2O2/c1-2-3-4-5-6-7-12-8-10-13(11-9-12)14(15)16;1-2-3-4-9-12-10-5-7-11(8-6-10)13(14)15;1-2-3-4-5-10-6-8-11(9-7-10)12(13)14;1-2-7-10-8-3-5-9(6-4-8)11(12)13;1-2-9-7-3-5-8(6-4-7)10(11)12/h8-11H,2-7H2,1H3;5-8,12H,2-4,9H2,1H3;6-9H,2-5H2,1H3;3-6,10H,2,7H2,1H3;3-6,9H,2H2,1H3. The lowest BCUT2D eigenvalue weighted by Crippen LogP contribution is -2.01. The van der Waals surface area contributed by atoms with Crippen molar-refractivity contribution in [2.75, 3.05) is 35.6 Å². The number of hydrogen-bond acceptors (Lipinski definition) is 13. The number of aryl methyl sites for hydroxylation is 2. The Morgan fingerprint density at radius 1 is 0.314 bits per heavy atom. The maximum absolute atomic E-state index is 10.5. The molecule has 18 nitrogen and oxygen atoms in total. The van der Waals surface area contributed by atoms with E-state index in [1.807, 2.05) is 31.2 Å². The van der Waals surface area contributed by atoms with Gasteiger partial charge in [-0.1, -0.05) is 103 Å². The summed E-state index contributed by atoms with van der Waals surface area (Å²) in [6.45, 7) is 13.2. The van der Waals surface area contributed by atoms with Crippen molar-refractivity contribution in [3.8, 4) is 0 Å². The number of benzene rings is 5. The molecule has 5 aromatic carbocycles. The molecule has 0 spiro atoms. The zero-order valence-corrected chi connectivity index (χ0v) is 41.4. The van der Waals surface area contributed by atoms with E-state index in [-0.39, 0.29) is 43.2 Å². The van der Waals surface area contributed by atoms with Gasteiger partial charge in [-0.15, -0.1) is 0 Å². The summed E-state index contributed by atoms with van der Waals surface area (Å²) < 4.78 is 0. The number of nitrogens with zero attached hydrogens (tertiary/aromatic N) is 5. The van der Waals surface area contributed by atoms with Crippen molar-refractivity contribution in [1.82, 2.24) is 0 Å². The molecule has 3 N–H and O–H groups in total. The van der Waals surface area contributed by atoms with Crippen LogP contribution in [0.1, 0.15) is 123 Å². The summed E-state index contributed by atoms with van der Waals surface area (Å²) in [4.78, 5) is 49.9. The first-order valence-corrected chi connectivity index (χ1v) is 24.1. The summed E-state index contributed by atoms with van der Waals surface area (Å²) in [5.74, 6) is 0. The Bertz CT molecular complexity index is 2210. The van der Waals surface area contributed by atoms with Crippen molar-refractivity contribution in [3.63, 3.8) is 0 Å². The van der Waals surface area contributed by atoms with Gasteiger partial charge in [0.1, 0.15) is 0 Å². The molecular formula is C52H72N8O10. The van der Waals surface area contributed by atoms with Gasteiger partial charge < -0.3 is 16.0 Å². The Hall–Kier alpha value is -7.50. The number of nitro benzene ring substituents is 5. The molecule has 5 rings (SSSR count). The first-order valence-electron chi connectivity index (χ1n) is 24.1. The Balaban J connectivity index is 0.000000439. The molecule has 0 heterocycles. The van der Waals surface area contributed by atoms with Crippen molar-refractivity contribution in [2.45, 2.75) is 125 Å². The minimum absolute atomic E-state index is 0.122. The highest BCUT2D eigenvalue weighted by Gasteiger charge is 2.07. The summed E-state index contributed by atoms with van der Waals surface area (Å²) in [5.41, 5.74) is 5.88. The maximum atomic E-state index is 10.5. The molecule has 0 radical (unpaired) electrons. The van der Waals surface area contributed by atoms with Gasteiger partial charge in [-0.3, -0.25) is 50.6 Å². The predicted octanol–water partition coefficient (Wildman–Crippen LogP) is 15.1. The van der Waals surface area contributed by atoms with E-state index in [4.69, 9.17) is 0 Å². The van der Waals surface area contributed by atoms with Crippen molar-refractivity contribution in [1.29, 1.82) is 0 Å². The third-order valence-electron chi connectivity index (χ3n) is 10.2. The maximum Gasteiger partial charge on any atom is 0.269 e. The van der Waals surface area contributed by atoms with Crippen LogP contribution in [0.2, 0.25) is 0 Å². The number of nitro groups is 5. The fourth-order valence-electron chi connectivity index (χ4n) is 6.26. The number of rotatable bonds is 25. The van der Waals surface area contributed by atoms with Crippen LogP contribution < -0.4 is 16.0 Å². The lowest BCUT2D eigenvalue weighted by atomic mass is 10.1. The Labute approximate surface area is 412 Å². The zero-order valence-electron chi connectivity index (χ0n) is 41.4. The van der Waals surface area contributed by atoms with Crippen LogP contribution in [0.4, 0.5) is 45.5 Å². The Morgan fingerprint density at radius 3 is 0.900 bits per heavy atom. The lowest BCUT2D eigenvalue weighted by Gasteiger charge is -2.04. The second kappa shape index (κ2) is 37.5. The number of anilines is 3. The third-order valence-corrected chi connectivity index (χ3v) is 10.2. The minimum atomic E-state index is -0.407. The molecule has 70 heavy (non-hydrogen) atoms. The van der Waals surface area contributed by atoms with Gasteiger partial charge >= 0.3 is 0 Å². The molecule has 0 amide bonds. The highest BCUT2D eigenvalue weighted by Crippen LogP contribution is 2.19. The van der Waals surface area contributed by atoms with Crippen molar-refractivity contribution in [3.05, 3.63) is 183 Å². The van der Waals surface area contributed by atoms with E-state index < -0.39 is 9.85 Å². The second-order valence-corrected chi connectivity index (χ2v) is 16.0. The molecule has 0 saturated heterocycles. The van der Waals surface area contributed by atoms with Gasteiger partial charge in [-0.05, 0) is 93.0 Å². The largest absolute Gasteiger partial charge is 0.385 e. The topological polar surface area (TPSA) is 252 Å². The second-order valence-electron chi connectivity index (χ2n) is 16.0. The highest BCUT2D eigenvalue weighted by atomic mass is 16.6. The Morgan fingerprint density at radius 2 is 0.586 bits per heavy atom. The van der Waals surface area contributed by atoms with Crippen molar-refractivity contribution >= 4 is 45.5 Å². The molecule has 0 aromatic heterocycles. The molecule has 18 heteroatoms. The first-order chi connectivity index (χ1) is 33.7. The highest BCUT2D eigenvalue weighted by molar-refractivity contribution is 5.50. The average Bonchev–Trinajstić information content (AvgIpc) is 3.36. The normalized spacial score (nSPS) is 9.90. The summed E-state index contributed by atoms with van der Waals surface area (Å²) in [7, 11) is 0. The summed E-state index contributed by atoms with van der Waals surface area (Å²) in [6, 6.07) is 33.0. The summed E-state index contributed by atoms with van der Waals surface area (Å²) >= 11 is 0. The average molecular weight is 969 g/mol. The van der Waals surface area contributed by atoms with Crippen molar-refractivity contribution in [2.24, 2.45) is 0 Å². The lowest BCUT2D eigenvalue weighted by molar-refractivity contribution is -0.385. The fourth-order valence-corrected chi connectivity index (χ4v) is 6.26. The van der Waals surface area contributed by atoms with Gasteiger partial charge in [-0.25, -0.2) is 0 Å². The molecular weight excluding hydrogens is 897 g/mol. The molecule has 0 aliphatic rings. The summed E-state index contributed by atoms with van der Waals surface area (Å²) in [5, 5.41) is 61.2. The van der Waals surface area contributed by atoms with Gasteiger partial charge in [0.2, 0.25) is 0 Å². The van der Waals surface area contributed by atoms with Crippen LogP contribution in [0.15, 0.2) is 121 Å². The smallest absolute Gasteiger partial charge is 0.269 e. The first kappa shape index (κ1) is 60.5. The number of non-ortho nitro benzene ring substituents is 5. The quantitative estimate of drug-likeness (QED) is 0.0280. The van der Waals surface area contributed by atoms with Crippen LogP contribution in [0, 0.1) is 50.6 Å². The van der Waals surface area contributed by atoms with Gasteiger partial charge in [0.15, 0.2) is 0 Å². The van der Waals surface area contributed by atoms with Crippen LogP contribution in [0.3, 0.4) is 0 Å². The van der Waals surface area contributed by atoms with Crippen molar-refractivity contribution < 1.29 is 24.6 Å². The molecule has 380 valence electrons. The van der Waals surface area contributed by atoms with E-state index in [9.17, 15) is 50.6 Å². The van der Waals surface area contributed by atoms with E-state index in [0.717, 1.165) is 68.8 Å². The predicted molar refractivity (Wildman–Crippen MR) is 282 cm³/mol. The van der Waals surface area contributed by atoms with Crippen LogP contribution in [0.5, 0.6) is 0 Å². The van der Waals surface area contributed by atoms with E-state index >= 15 is 0 Å². The zero-order chi connectivity index (χ0) is 51.9. The Kier molecular flexibility index (Phi) is 32.4. The van der Waals surface area contributed by atoms with Gasteiger partial charge in [0, 0.05) is 97.4 Å². The van der Waals surface area contributed by atoms with E-state index in [1.165, 1.54) is 105 Å². The van der Waals surface area contributed by atoms with Crippen LogP contribution >= 0.6 is 0 Å². The fraction of sp³-hybridized carbons (Fsp3) is 0.423. The molecule has 0 aliphatic heterocycles. The van der Waals surface area contributed by atoms with E-state index in [2.05, 4.69) is 43.6 Å². The third kappa shape index (κ3) is 28.0. The van der Waals surface area contributed by atoms with Gasteiger partial charge in [0.25, 0.3) is 28.4 Å². The van der Waals surface area contributed by atoms with E-state index in [0.29, 0.717) is 0 Å². The molecule has 0 saturated carbocycles. The molecule has 0 atom stereocenters. The number of unbranched alkanes of at least 4 members (excludes halogenated alkanes) is 8. The number of hydrogen-bond donors (Lipinski definition) is 3. The minimum Gasteiger partial charge on any atom is -0.385 e. The van der Waals surface area contributed by atoms with Gasteiger partial charge in [-0.2, -0.15) is 0 Å². The monoisotopic (exact) mass is 969 g/mol. The van der Waals surface area contributed by atoms with E-state index in [1.54, 1.807) is 60.7 Å². The molecule has 5 aromatic rings.